The molecule has 6 heteroatoms. The van der Waals surface area contributed by atoms with Gasteiger partial charge in [0.1, 0.15) is 0 Å². The number of nitrogens with one attached hydrogen (secondary N) is 1. The average molecular weight is 271 g/mol. The lowest BCUT2D eigenvalue weighted by Gasteiger charge is -2.01. The Balaban J connectivity index is 2.27. The lowest BCUT2D eigenvalue weighted by atomic mass is 10.2. The number of benzene rings is 1. The molecule has 1 aromatic carbocycles. The second-order valence-corrected chi connectivity index (χ2v) is 4.08. The van der Waals surface area contributed by atoms with Gasteiger partial charge >= 0.3 is 0 Å². The molecule has 0 atom stereocenters. The SMILES string of the molecule is S=c1nn[nH]n1Cc1cccc(Br)c1. The van der Waals surface area contributed by atoms with Crippen LogP contribution >= 0.6 is 28.1 Å². The first-order valence-electron chi connectivity index (χ1n) is 3.98. The second-order valence-electron chi connectivity index (χ2n) is 2.80. The van der Waals surface area contributed by atoms with E-state index in [1.165, 1.54) is 0 Å². The summed E-state index contributed by atoms with van der Waals surface area (Å²) in [5, 5.41) is 10.0. The van der Waals surface area contributed by atoms with Crippen molar-refractivity contribution in [2.45, 2.75) is 6.54 Å². The van der Waals surface area contributed by atoms with Gasteiger partial charge in [0.05, 0.1) is 6.54 Å². The van der Waals surface area contributed by atoms with Crippen LogP contribution in [0.2, 0.25) is 0 Å². The highest BCUT2D eigenvalue weighted by Crippen LogP contribution is 2.12. The quantitative estimate of drug-likeness (QED) is 0.851. The molecule has 0 aliphatic carbocycles. The highest BCUT2D eigenvalue weighted by atomic mass is 79.9. The van der Waals surface area contributed by atoms with E-state index < -0.39 is 0 Å². The Labute approximate surface area is 94.1 Å². The molecule has 0 unspecified atom stereocenters. The fourth-order valence-corrected chi connectivity index (χ4v) is 1.73. The van der Waals surface area contributed by atoms with E-state index in [2.05, 4.69) is 31.5 Å². The molecular weight excluding hydrogens is 264 g/mol. The highest BCUT2D eigenvalue weighted by Gasteiger charge is 1.98. The summed E-state index contributed by atoms with van der Waals surface area (Å²) in [7, 11) is 0. The van der Waals surface area contributed by atoms with Gasteiger partial charge in [0, 0.05) is 4.47 Å². The number of H-pyrrole nitrogens is 1. The van der Waals surface area contributed by atoms with Crippen molar-refractivity contribution < 1.29 is 0 Å². The number of hydrogen-bond donors (Lipinski definition) is 1. The molecule has 0 bridgehead atoms. The van der Waals surface area contributed by atoms with E-state index >= 15 is 0 Å². The van der Waals surface area contributed by atoms with E-state index in [1.807, 2.05) is 24.3 Å². The Kier molecular flexibility index (Phi) is 2.74. The molecule has 0 fully saturated rings. The van der Waals surface area contributed by atoms with Crippen molar-refractivity contribution in [1.29, 1.82) is 0 Å². The summed E-state index contributed by atoms with van der Waals surface area (Å²) in [4.78, 5) is 0. The van der Waals surface area contributed by atoms with E-state index in [4.69, 9.17) is 12.2 Å². The van der Waals surface area contributed by atoms with Crippen molar-refractivity contribution in [3.05, 3.63) is 39.1 Å². The van der Waals surface area contributed by atoms with E-state index in [9.17, 15) is 0 Å². The van der Waals surface area contributed by atoms with E-state index in [0.29, 0.717) is 11.3 Å². The van der Waals surface area contributed by atoms with Crippen LogP contribution in [0.5, 0.6) is 0 Å². The number of aromatic amines is 1. The van der Waals surface area contributed by atoms with Crippen molar-refractivity contribution in [2.24, 2.45) is 0 Å². The predicted molar refractivity (Wildman–Crippen MR) is 58.5 cm³/mol. The van der Waals surface area contributed by atoms with Crippen LogP contribution < -0.4 is 0 Å². The molecule has 1 N–H and O–H groups in total. The van der Waals surface area contributed by atoms with Crippen LogP contribution in [-0.4, -0.2) is 20.2 Å². The molecule has 0 spiro atoms. The topological polar surface area (TPSA) is 46.5 Å². The van der Waals surface area contributed by atoms with Gasteiger partial charge in [0.25, 0.3) is 0 Å². The predicted octanol–water partition coefficient (Wildman–Crippen LogP) is 2.15. The van der Waals surface area contributed by atoms with Gasteiger partial charge in [-0.1, -0.05) is 38.4 Å². The van der Waals surface area contributed by atoms with Gasteiger partial charge in [-0.25, -0.2) is 4.68 Å². The normalized spacial score (nSPS) is 10.4. The highest BCUT2D eigenvalue weighted by molar-refractivity contribution is 9.10. The third-order valence-corrected chi connectivity index (χ3v) is 2.56. The first-order chi connectivity index (χ1) is 6.75. The second kappa shape index (κ2) is 4.02. The van der Waals surface area contributed by atoms with Crippen LogP contribution in [0.1, 0.15) is 5.56 Å². The van der Waals surface area contributed by atoms with Gasteiger partial charge in [-0.3, -0.25) is 0 Å². The van der Waals surface area contributed by atoms with Crippen LogP contribution in [0.15, 0.2) is 28.7 Å². The van der Waals surface area contributed by atoms with Crippen LogP contribution in [0, 0.1) is 4.77 Å². The van der Waals surface area contributed by atoms with Crippen molar-refractivity contribution in [3.63, 3.8) is 0 Å². The minimum Gasteiger partial charge on any atom is -0.238 e. The van der Waals surface area contributed by atoms with Crippen LogP contribution in [0.4, 0.5) is 0 Å². The molecule has 14 heavy (non-hydrogen) atoms. The monoisotopic (exact) mass is 270 g/mol. The molecule has 0 saturated carbocycles. The average Bonchev–Trinajstić information content (AvgIpc) is 2.52. The standard InChI is InChI=1S/C8H7BrN4S/c9-7-3-1-2-6(4-7)5-13-8(14)10-11-12-13/h1-4H,5H2,(H,10,12,14). The van der Waals surface area contributed by atoms with Crippen LogP contribution in [-0.2, 0) is 6.54 Å². The summed E-state index contributed by atoms with van der Waals surface area (Å²) in [6.07, 6.45) is 0. The van der Waals surface area contributed by atoms with Crippen molar-refractivity contribution >= 4 is 28.1 Å². The lowest BCUT2D eigenvalue weighted by Crippen LogP contribution is -2.01. The summed E-state index contributed by atoms with van der Waals surface area (Å²) >= 11 is 8.37. The third-order valence-electron chi connectivity index (χ3n) is 1.76. The summed E-state index contributed by atoms with van der Waals surface area (Å²) in [5.41, 5.74) is 1.14. The zero-order valence-corrected chi connectivity index (χ0v) is 9.55. The Bertz CT molecular complexity index is 490. The Morgan fingerprint density at radius 1 is 1.50 bits per heavy atom. The molecule has 1 aromatic heterocycles. The molecule has 2 rings (SSSR count). The minimum atomic E-state index is 0.463. The first kappa shape index (κ1) is 9.54. The Hall–Kier alpha value is -1.01. The maximum absolute atomic E-state index is 4.96. The zero-order valence-electron chi connectivity index (χ0n) is 7.14. The molecule has 2 aromatic rings. The number of rotatable bonds is 2. The largest absolute Gasteiger partial charge is 0.238 e. The Morgan fingerprint density at radius 2 is 2.36 bits per heavy atom. The molecule has 1 heterocycles. The summed E-state index contributed by atoms with van der Waals surface area (Å²) < 4.78 is 3.22. The molecule has 0 amide bonds. The fourth-order valence-electron chi connectivity index (χ4n) is 1.14. The van der Waals surface area contributed by atoms with Crippen LogP contribution in [0.25, 0.3) is 0 Å². The number of tetrazole rings is 1. The molecule has 0 aliphatic rings. The first-order valence-corrected chi connectivity index (χ1v) is 5.18. The minimum absolute atomic E-state index is 0.463. The molecule has 4 nitrogen and oxygen atoms in total. The van der Waals surface area contributed by atoms with Gasteiger partial charge in [-0.2, -0.15) is 5.21 Å². The van der Waals surface area contributed by atoms with Crippen molar-refractivity contribution in [3.8, 4) is 0 Å². The van der Waals surface area contributed by atoms with Gasteiger partial charge in [0.15, 0.2) is 0 Å². The zero-order chi connectivity index (χ0) is 9.97. The molecule has 0 radical (unpaired) electrons. The van der Waals surface area contributed by atoms with Crippen LogP contribution in [0.3, 0.4) is 0 Å². The van der Waals surface area contributed by atoms with Gasteiger partial charge in [-0.05, 0) is 29.9 Å². The van der Waals surface area contributed by atoms with E-state index in [1.54, 1.807) is 4.68 Å². The third kappa shape index (κ3) is 2.08. The number of nitrogens with zero attached hydrogens (tertiary/aromatic N) is 3. The van der Waals surface area contributed by atoms with Crippen molar-refractivity contribution in [1.82, 2.24) is 20.2 Å². The Morgan fingerprint density at radius 3 is 3.00 bits per heavy atom. The molecular formula is C8H7BrN4S. The number of hydrogen-bond acceptors (Lipinski definition) is 3. The van der Waals surface area contributed by atoms with Gasteiger partial charge in [0.2, 0.25) is 4.77 Å². The number of halogens is 1. The van der Waals surface area contributed by atoms with Crippen molar-refractivity contribution in [2.75, 3.05) is 0 Å². The maximum Gasteiger partial charge on any atom is 0.238 e. The smallest absolute Gasteiger partial charge is 0.238 e. The molecule has 0 saturated heterocycles. The van der Waals surface area contributed by atoms with Gasteiger partial charge < -0.3 is 0 Å². The summed E-state index contributed by atoms with van der Waals surface area (Å²) in [6, 6.07) is 8.01. The van der Waals surface area contributed by atoms with E-state index in [-0.39, 0.29) is 0 Å². The van der Waals surface area contributed by atoms with Gasteiger partial charge in [-0.15, -0.1) is 0 Å². The molecule has 0 aliphatic heterocycles. The lowest BCUT2D eigenvalue weighted by molar-refractivity contribution is 0.642. The molecule has 72 valence electrons. The maximum atomic E-state index is 4.96. The number of aromatic nitrogens is 4. The summed E-state index contributed by atoms with van der Waals surface area (Å²) in [5.74, 6) is 0. The fraction of sp³-hybridized carbons (Fsp3) is 0.125. The van der Waals surface area contributed by atoms with E-state index in [0.717, 1.165) is 10.0 Å². The summed E-state index contributed by atoms with van der Waals surface area (Å²) in [6.45, 7) is 0.658.